The van der Waals surface area contributed by atoms with E-state index in [-0.39, 0.29) is 5.91 Å². The highest BCUT2D eigenvalue weighted by molar-refractivity contribution is 6.29. The van der Waals surface area contributed by atoms with Crippen LogP contribution in [-0.2, 0) is 0 Å². The predicted molar refractivity (Wildman–Crippen MR) is 91.4 cm³/mol. The van der Waals surface area contributed by atoms with Crippen LogP contribution in [0.25, 0.3) is 0 Å². The quantitative estimate of drug-likeness (QED) is 0.801. The largest absolute Gasteiger partial charge is 0.353 e. The third-order valence-corrected chi connectivity index (χ3v) is 4.64. The van der Waals surface area contributed by atoms with E-state index in [2.05, 4.69) is 19.9 Å². The summed E-state index contributed by atoms with van der Waals surface area (Å²) in [5.41, 5.74) is 0.501. The van der Waals surface area contributed by atoms with Crippen molar-refractivity contribution in [2.75, 3.05) is 31.1 Å². The van der Waals surface area contributed by atoms with Crippen LogP contribution in [-0.4, -0.2) is 51.9 Å². The average molecular weight is 344 g/mol. The van der Waals surface area contributed by atoms with E-state index in [0.717, 1.165) is 37.6 Å². The SMILES string of the molecule is O=C(c1ccnc(C2CC2)n1)N1CCN(c2cccc(Cl)n2)CC1. The summed E-state index contributed by atoms with van der Waals surface area (Å²) < 4.78 is 0. The number of carbonyl (C=O) groups excluding carboxylic acids is 1. The molecule has 0 unspecified atom stereocenters. The third-order valence-electron chi connectivity index (χ3n) is 4.43. The fraction of sp³-hybridized carbons (Fsp3) is 0.412. The van der Waals surface area contributed by atoms with Gasteiger partial charge in [0.2, 0.25) is 0 Å². The van der Waals surface area contributed by atoms with E-state index in [4.69, 9.17) is 11.6 Å². The Labute approximate surface area is 145 Å². The van der Waals surface area contributed by atoms with Gasteiger partial charge < -0.3 is 9.80 Å². The van der Waals surface area contributed by atoms with Gasteiger partial charge in [-0.3, -0.25) is 4.79 Å². The van der Waals surface area contributed by atoms with Crippen molar-refractivity contribution in [3.63, 3.8) is 0 Å². The summed E-state index contributed by atoms with van der Waals surface area (Å²) >= 11 is 5.95. The lowest BCUT2D eigenvalue weighted by Crippen LogP contribution is -2.49. The lowest BCUT2D eigenvalue weighted by molar-refractivity contribution is 0.0740. The van der Waals surface area contributed by atoms with Gasteiger partial charge in [0.15, 0.2) is 0 Å². The van der Waals surface area contributed by atoms with Crippen LogP contribution in [0.1, 0.15) is 35.1 Å². The highest BCUT2D eigenvalue weighted by atomic mass is 35.5. The van der Waals surface area contributed by atoms with Crippen molar-refractivity contribution in [1.82, 2.24) is 19.9 Å². The zero-order valence-electron chi connectivity index (χ0n) is 13.2. The summed E-state index contributed by atoms with van der Waals surface area (Å²) in [4.78, 5) is 29.7. The Kier molecular flexibility index (Phi) is 4.06. The van der Waals surface area contributed by atoms with Crippen molar-refractivity contribution in [3.05, 3.63) is 47.1 Å². The molecule has 0 aromatic carbocycles. The van der Waals surface area contributed by atoms with Crippen LogP contribution in [0.3, 0.4) is 0 Å². The number of aromatic nitrogens is 3. The number of pyridine rings is 1. The molecular formula is C17H18ClN5O. The second kappa shape index (κ2) is 6.36. The molecule has 2 fully saturated rings. The van der Waals surface area contributed by atoms with Gasteiger partial charge in [-0.1, -0.05) is 17.7 Å². The van der Waals surface area contributed by atoms with Crippen molar-refractivity contribution in [2.45, 2.75) is 18.8 Å². The molecular weight excluding hydrogens is 326 g/mol. The maximum Gasteiger partial charge on any atom is 0.272 e. The Morgan fingerprint density at radius 3 is 2.58 bits per heavy atom. The second-order valence-electron chi connectivity index (χ2n) is 6.17. The maximum atomic E-state index is 12.7. The lowest BCUT2D eigenvalue weighted by atomic mass is 10.2. The summed E-state index contributed by atoms with van der Waals surface area (Å²) in [7, 11) is 0. The van der Waals surface area contributed by atoms with E-state index in [1.165, 1.54) is 0 Å². The Morgan fingerprint density at radius 1 is 1.08 bits per heavy atom. The maximum absolute atomic E-state index is 12.7. The number of halogens is 1. The third kappa shape index (κ3) is 3.19. The molecule has 0 radical (unpaired) electrons. The van der Waals surface area contributed by atoms with Gasteiger partial charge in [0, 0.05) is 38.3 Å². The molecule has 2 aromatic rings. The van der Waals surface area contributed by atoms with Crippen LogP contribution in [0.5, 0.6) is 0 Å². The highest BCUT2D eigenvalue weighted by Crippen LogP contribution is 2.37. The van der Waals surface area contributed by atoms with Crippen molar-refractivity contribution >= 4 is 23.3 Å². The molecule has 124 valence electrons. The molecule has 1 amide bonds. The Morgan fingerprint density at radius 2 is 1.88 bits per heavy atom. The summed E-state index contributed by atoms with van der Waals surface area (Å²) in [5, 5.41) is 0.486. The molecule has 1 aliphatic heterocycles. The zero-order chi connectivity index (χ0) is 16.5. The Bertz CT molecular complexity index is 756. The van der Waals surface area contributed by atoms with Gasteiger partial charge in [-0.25, -0.2) is 15.0 Å². The van der Waals surface area contributed by atoms with E-state index in [9.17, 15) is 4.79 Å². The van der Waals surface area contributed by atoms with Gasteiger partial charge in [-0.2, -0.15) is 0 Å². The number of rotatable bonds is 3. The molecule has 4 rings (SSSR count). The molecule has 0 atom stereocenters. The number of amides is 1. The Balaban J connectivity index is 1.42. The van der Waals surface area contributed by atoms with Crippen molar-refractivity contribution in [3.8, 4) is 0 Å². The standard InChI is InChI=1S/C17H18ClN5O/c18-14-2-1-3-15(21-14)22-8-10-23(11-9-22)17(24)13-6-7-19-16(20-13)12-4-5-12/h1-3,6-7,12H,4-5,8-11H2. The fourth-order valence-corrected chi connectivity index (χ4v) is 3.06. The van der Waals surface area contributed by atoms with Crippen LogP contribution in [0.2, 0.25) is 5.15 Å². The first-order chi connectivity index (χ1) is 11.7. The molecule has 0 N–H and O–H groups in total. The highest BCUT2D eigenvalue weighted by Gasteiger charge is 2.28. The van der Waals surface area contributed by atoms with Gasteiger partial charge in [0.1, 0.15) is 22.5 Å². The van der Waals surface area contributed by atoms with Crippen LogP contribution in [0.15, 0.2) is 30.5 Å². The molecule has 1 saturated heterocycles. The number of piperazine rings is 1. The summed E-state index contributed by atoms with van der Waals surface area (Å²) in [6.07, 6.45) is 3.95. The van der Waals surface area contributed by atoms with Crippen molar-refractivity contribution < 1.29 is 4.79 Å². The molecule has 3 heterocycles. The summed E-state index contributed by atoms with van der Waals surface area (Å²) in [5.74, 6) is 2.09. The van der Waals surface area contributed by atoms with E-state index in [1.54, 1.807) is 18.3 Å². The molecule has 0 spiro atoms. The fourth-order valence-electron chi connectivity index (χ4n) is 2.91. The molecule has 7 heteroatoms. The Hall–Kier alpha value is -2.21. The smallest absolute Gasteiger partial charge is 0.272 e. The molecule has 2 aliphatic rings. The topological polar surface area (TPSA) is 62.2 Å². The van der Waals surface area contributed by atoms with Crippen LogP contribution in [0, 0.1) is 0 Å². The van der Waals surface area contributed by atoms with Crippen LogP contribution >= 0.6 is 11.6 Å². The van der Waals surface area contributed by atoms with E-state index in [1.807, 2.05) is 17.0 Å². The molecule has 6 nitrogen and oxygen atoms in total. The van der Waals surface area contributed by atoms with Gasteiger partial charge in [0.05, 0.1) is 0 Å². The first-order valence-corrected chi connectivity index (χ1v) is 8.58. The van der Waals surface area contributed by atoms with Gasteiger partial charge in [0.25, 0.3) is 5.91 Å². The number of hydrogen-bond donors (Lipinski definition) is 0. The number of hydrogen-bond acceptors (Lipinski definition) is 5. The summed E-state index contributed by atoms with van der Waals surface area (Å²) in [6.45, 7) is 2.77. The van der Waals surface area contributed by atoms with Crippen LogP contribution < -0.4 is 4.90 Å². The number of nitrogens with zero attached hydrogens (tertiary/aromatic N) is 5. The lowest BCUT2D eigenvalue weighted by Gasteiger charge is -2.35. The van der Waals surface area contributed by atoms with Gasteiger partial charge in [-0.15, -0.1) is 0 Å². The number of anilines is 1. The monoisotopic (exact) mass is 343 g/mol. The molecule has 24 heavy (non-hydrogen) atoms. The van der Waals surface area contributed by atoms with Crippen molar-refractivity contribution in [2.24, 2.45) is 0 Å². The van der Waals surface area contributed by atoms with E-state index < -0.39 is 0 Å². The second-order valence-corrected chi connectivity index (χ2v) is 6.56. The average Bonchev–Trinajstić information content (AvgIpc) is 3.47. The molecule has 1 saturated carbocycles. The molecule has 2 aromatic heterocycles. The van der Waals surface area contributed by atoms with Crippen molar-refractivity contribution in [1.29, 1.82) is 0 Å². The number of carbonyl (C=O) groups is 1. The normalized spacial score (nSPS) is 17.9. The van der Waals surface area contributed by atoms with Gasteiger partial charge in [-0.05, 0) is 31.0 Å². The minimum absolute atomic E-state index is 0.0157. The van der Waals surface area contributed by atoms with Gasteiger partial charge >= 0.3 is 0 Å². The minimum atomic E-state index is -0.0157. The predicted octanol–water partition coefficient (Wildman–Crippen LogP) is 2.36. The van der Waals surface area contributed by atoms with Crippen LogP contribution in [0.4, 0.5) is 5.82 Å². The first kappa shape index (κ1) is 15.3. The minimum Gasteiger partial charge on any atom is -0.353 e. The zero-order valence-corrected chi connectivity index (χ0v) is 14.0. The van der Waals surface area contributed by atoms with E-state index >= 15 is 0 Å². The van der Waals surface area contributed by atoms with E-state index in [0.29, 0.717) is 29.9 Å². The first-order valence-electron chi connectivity index (χ1n) is 8.20. The molecule has 0 bridgehead atoms. The molecule has 1 aliphatic carbocycles. The summed E-state index contributed by atoms with van der Waals surface area (Å²) in [6, 6.07) is 7.30.